The number of aliphatic hydroxyl groups is 1. The van der Waals surface area contributed by atoms with Crippen LogP contribution in [0.15, 0.2) is 30.3 Å². The van der Waals surface area contributed by atoms with Gasteiger partial charge in [0, 0.05) is 23.6 Å². The summed E-state index contributed by atoms with van der Waals surface area (Å²) in [6.45, 7) is 6.30. The van der Waals surface area contributed by atoms with Gasteiger partial charge in [-0.2, -0.15) is 0 Å². The van der Waals surface area contributed by atoms with Crippen LogP contribution >= 0.6 is 22.6 Å². The molecule has 1 heterocycles. The number of carbonyl (C=O) groups is 2. The second kappa shape index (κ2) is 13.2. The minimum atomic E-state index is -1.28. The van der Waals surface area contributed by atoms with Crippen molar-refractivity contribution in [2.75, 3.05) is 38.1 Å². The molecule has 1 saturated heterocycles. The van der Waals surface area contributed by atoms with Crippen LogP contribution in [0, 0.1) is 21.0 Å². The molecule has 1 amide bonds. The normalized spacial score (nSPS) is 14.1. The van der Waals surface area contributed by atoms with E-state index in [9.17, 15) is 23.1 Å². The molecule has 8 nitrogen and oxygen atoms in total. The molecular formula is C24H29F3IN3O5. The number of hydrogen-bond acceptors (Lipinski definition) is 6. The molecule has 12 heteroatoms. The van der Waals surface area contributed by atoms with Crippen molar-refractivity contribution in [2.45, 2.75) is 32.5 Å². The fourth-order valence-corrected chi connectivity index (χ4v) is 3.81. The van der Waals surface area contributed by atoms with E-state index in [1.54, 1.807) is 6.07 Å². The van der Waals surface area contributed by atoms with E-state index < -0.39 is 40.6 Å². The minimum absolute atomic E-state index is 0.0280. The SMILES string of the molecule is CC(=O)O.CC(C)OCCNCC1(O)CN(C(=O)c2ccc(F)c(F)c2Nc2ccc(I)cc2F)C1. The molecule has 36 heavy (non-hydrogen) atoms. The largest absolute Gasteiger partial charge is 0.481 e. The van der Waals surface area contributed by atoms with Crippen LogP contribution < -0.4 is 10.6 Å². The number of hydrogen-bond donors (Lipinski definition) is 4. The Bertz CT molecular complexity index is 1080. The zero-order chi connectivity index (χ0) is 27.0. The highest BCUT2D eigenvalue weighted by molar-refractivity contribution is 14.1. The van der Waals surface area contributed by atoms with E-state index in [4.69, 9.17) is 14.6 Å². The molecule has 4 N–H and O–H groups in total. The van der Waals surface area contributed by atoms with Crippen molar-refractivity contribution in [1.29, 1.82) is 0 Å². The smallest absolute Gasteiger partial charge is 0.300 e. The summed E-state index contributed by atoms with van der Waals surface area (Å²) in [4.78, 5) is 23.3. The predicted molar refractivity (Wildman–Crippen MR) is 137 cm³/mol. The number of ether oxygens (including phenoxy) is 1. The van der Waals surface area contributed by atoms with Gasteiger partial charge in [0.15, 0.2) is 11.6 Å². The summed E-state index contributed by atoms with van der Waals surface area (Å²) in [7, 11) is 0. The third-order valence-electron chi connectivity index (χ3n) is 4.96. The van der Waals surface area contributed by atoms with E-state index in [1.807, 2.05) is 36.4 Å². The molecule has 0 saturated carbocycles. The van der Waals surface area contributed by atoms with Gasteiger partial charge in [-0.15, -0.1) is 0 Å². The maximum Gasteiger partial charge on any atom is 0.300 e. The number of anilines is 2. The monoisotopic (exact) mass is 623 g/mol. The Labute approximate surface area is 221 Å². The van der Waals surface area contributed by atoms with Gasteiger partial charge in [-0.1, -0.05) is 0 Å². The zero-order valence-corrected chi connectivity index (χ0v) is 22.2. The lowest BCUT2D eigenvalue weighted by atomic mass is 9.92. The summed E-state index contributed by atoms with van der Waals surface area (Å²) in [6, 6.07) is 6.20. The molecule has 0 unspecified atom stereocenters. The summed E-state index contributed by atoms with van der Waals surface area (Å²) in [5.74, 6) is -4.53. The van der Waals surface area contributed by atoms with E-state index in [0.29, 0.717) is 16.7 Å². The Kier molecular flexibility index (Phi) is 10.9. The standard InChI is InChI=1S/C22H25F3IN3O3.C2H4O2/c1-13(2)32-8-7-27-10-22(31)11-29(12-22)21(30)15-4-5-16(23)19(25)20(15)28-18-6-3-14(26)9-17(18)24;1-2(3)4/h3-6,9,13,27-28,31H,7-8,10-12H2,1-2H3;1H3,(H,3,4). The first-order chi connectivity index (χ1) is 16.8. The fraction of sp³-hybridized carbons (Fsp3) is 0.417. The number of carboxylic acid groups (broad SMARTS) is 1. The van der Waals surface area contributed by atoms with Crippen LogP contribution in [0.4, 0.5) is 24.5 Å². The van der Waals surface area contributed by atoms with Crippen molar-refractivity contribution in [3.05, 3.63) is 56.9 Å². The van der Waals surface area contributed by atoms with Gasteiger partial charge >= 0.3 is 0 Å². The van der Waals surface area contributed by atoms with Crippen LogP contribution in [0.5, 0.6) is 0 Å². The van der Waals surface area contributed by atoms with Gasteiger partial charge in [0.25, 0.3) is 11.9 Å². The number of nitrogens with one attached hydrogen (secondary N) is 2. The van der Waals surface area contributed by atoms with Crippen LogP contribution in [0.3, 0.4) is 0 Å². The summed E-state index contributed by atoms with van der Waals surface area (Å²) < 4.78 is 48.7. The lowest BCUT2D eigenvalue weighted by Crippen LogP contribution is -2.67. The molecule has 0 spiro atoms. The molecule has 0 radical (unpaired) electrons. The van der Waals surface area contributed by atoms with Crippen LogP contribution in [0.1, 0.15) is 31.1 Å². The van der Waals surface area contributed by atoms with E-state index in [0.717, 1.165) is 19.1 Å². The highest BCUT2D eigenvalue weighted by Gasteiger charge is 2.44. The Morgan fingerprint density at radius 1 is 1.17 bits per heavy atom. The van der Waals surface area contributed by atoms with Crippen molar-refractivity contribution in [2.24, 2.45) is 0 Å². The number of amides is 1. The van der Waals surface area contributed by atoms with E-state index in [1.165, 1.54) is 17.0 Å². The molecule has 0 atom stereocenters. The van der Waals surface area contributed by atoms with Crippen LogP contribution in [-0.4, -0.2) is 71.5 Å². The molecule has 0 aromatic heterocycles. The molecule has 1 fully saturated rings. The number of benzene rings is 2. The van der Waals surface area contributed by atoms with Crippen LogP contribution in [0.2, 0.25) is 0 Å². The van der Waals surface area contributed by atoms with E-state index in [2.05, 4.69) is 10.6 Å². The number of carboxylic acids is 1. The molecule has 2 aromatic carbocycles. The minimum Gasteiger partial charge on any atom is -0.481 e. The number of β-amino-alcohol motifs (C(OH)–C–C–N with tert-alkyl or cyclic N) is 1. The summed E-state index contributed by atoms with van der Waals surface area (Å²) in [5.41, 5.74) is -1.81. The Hall–Kier alpha value is -2.42. The van der Waals surface area contributed by atoms with Gasteiger partial charge in [0.1, 0.15) is 11.4 Å². The van der Waals surface area contributed by atoms with Gasteiger partial charge in [0.2, 0.25) is 0 Å². The quantitative estimate of drug-likeness (QED) is 0.249. The summed E-state index contributed by atoms with van der Waals surface area (Å²) in [5, 5.41) is 23.6. The van der Waals surface area contributed by atoms with Crippen molar-refractivity contribution in [3.8, 4) is 0 Å². The number of rotatable bonds is 9. The molecule has 2 aromatic rings. The number of nitrogens with zero attached hydrogens (tertiary/aromatic N) is 1. The highest BCUT2D eigenvalue weighted by atomic mass is 127. The molecule has 0 bridgehead atoms. The average molecular weight is 623 g/mol. The van der Waals surface area contributed by atoms with Crippen molar-refractivity contribution in [1.82, 2.24) is 10.2 Å². The van der Waals surface area contributed by atoms with Gasteiger partial charge in [-0.3, -0.25) is 9.59 Å². The number of carbonyl (C=O) groups excluding carboxylic acids is 1. The maximum absolute atomic E-state index is 14.5. The first-order valence-electron chi connectivity index (χ1n) is 11.1. The van der Waals surface area contributed by atoms with Crippen LogP contribution in [-0.2, 0) is 9.53 Å². The molecule has 1 aliphatic rings. The first-order valence-corrected chi connectivity index (χ1v) is 12.1. The van der Waals surface area contributed by atoms with Gasteiger partial charge in [-0.05, 0) is 66.8 Å². The Morgan fingerprint density at radius 3 is 2.39 bits per heavy atom. The van der Waals surface area contributed by atoms with Gasteiger partial charge in [-0.25, -0.2) is 13.2 Å². The van der Waals surface area contributed by atoms with Crippen molar-refractivity contribution < 1.29 is 37.7 Å². The number of halogens is 4. The molecule has 3 rings (SSSR count). The van der Waals surface area contributed by atoms with Gasteiger partial charge < -0.3 is 30.5 Å². The second-order valence-electron chi connectivity index (χ2n) is 8.53. The fourth-order valence-electron chi connectivity index (χ4n) is 3.35. The Balaban J connectivity index is 0.00000106. The summed E-state index contributed by atoms with van der Waals surface area (Å²) >= 11 is 1.93. The maximum atomic E-state index is 14.5. The van der Waals surface area contributed by atoms with Gasteiger partial charge in [0.05, 0.1) is 42.7 Å². The lowest BCUT2D eigenvalue weighted by Gasteiger charge is -2.46. The van der Waals surface area contributed by atoms with E-state index >= 15 is 0 Å². The number of aliphatic carboxylic acids is 1. The van der Waals surface area contributed by atoms with Crippen molar-refractivity contribution in [3.63, 3.8) is 0 Å². The summed E-state index contributed by atoms with van der Waals surface area (Å²) in [6.07, 6.45) is 0.114. The molecule has 198 valence electrons. The lowest BCUT2D eigenvalue weighted by molar-refractivity contribution is -0.134. The third kappa shape index (κ3) is 8.61. The molecular weight excluding hydrogens is 594 g/mol. The Morgan fingerprint density at radius 2 is 1.81 bits per heavy atom. The molecule has 0 aliphatic carbocycles. The number of likely N-dealkylation sites (tertiary alicyclic amines) is 1. The molecule has 1 aliphatic heterocycles. The zero-order valence-electron chi connectivity index (χ0n) is 20.1. The topological polar surface area (TPSA) is 111 Å². The highest BCUT2D eigenvalue weighted by Crippen LogP contribution is 2.31. The first kappa shape index (κ1) is 29.8. The van der Waals surface area contributed by atoms with Crippen molar-refractivity contribution >= 4 is 45.8 Å². The third-order valence-corrected chi connectivity index (χ3v) is 5.63. The second-order valence-corrected chi connectivity index (χ2v) is 9.78. The average Bonchev–Trinajstić information content (AvgIpc) is 2.75. The van der Waals surface area contributed by atoms with Crippen LogP contribution in [0.25, 0.3) is 0 Å². The predicted octanol–water partition coefficient (Wildman–Crippen LogP) is 3.74. The van der Waals surface area contributed by atoms with E-state index in [-0.39, 0.29) is 37.0 Å².